The predicted molar refractivity (Wildman–Crippen MR) is 81.8 cm³/mol. The summed E-state index contributed by atoms with van der Waals surface area (Å²) in [7, 11) is 0. The Balaban J connectivity index is 1.82. The van der Waals surface area contributed by atoms with Gasteiger partial charge in [0.25, 0.3) is 0 Å². The van der Waals surface area contributed by atoms with E-state index in [2.05, 4.69) is 29.2 Å². The molecule has 0 aliphatic heterocycles. The number of hydrogen-bond acceptors (Lipinski definition) is 2. The van der Waals surface area contributed by atoms with E-state index in [4.69, 9.17) is 11.6 Å². The molecule has 0 unspecified atom stereocenters. The van der Waals surface area contributed by atoms with E-state index in [1.165, 1.54) is 10.4 Å². The van der Waals surface area contributed by atoms with Crippen molar-refractivity contribution < 1.29 is 0 Å². The van der Waals surface area contributed by atoms with Crippen LogP contribution in [0.2, 0.25) is 5.02 Å². The zero-order chi connectivity index (χ0) is 13.1. The molecule has 3 aromatic rings. The molecule has 0 saturated carbocycles. The number of thiazole rings is 1. The van der Waals surface area contributed by atoms with E-state index in [1.807, 2.05) is 36.5 Å². The Labute approximate surface area is 121 Å². The summed E-state index contributed by atoms with van der Waals surface area (Å²) in [6, 6.07) is 18.3. The maximum Gasteiger partial charge on any atom is 0.123 e. The van der Waals surface area contributed by atoms with Crippen molar-refractivity contribution in [1.29, 1.82) is 0 Å². The fraction of sp³-hybridized carbons (Fsp3) is 0.0625. The molecule has 0 atom stereocenters. The van der Waals surface area contributed by atoms with E-state index in [9.17, 15) is 0 Å². The van der Waals surface area contributed by atoms with Crippen LogP contribution < -0.4 is 0 Å². The fourth-order valence-electron chi connectivity index (χ4n) is 1.91. The van der Waals surface area contributed by atoms with Crippen molar-refractivity contribution in [2.45, 2.75) is 6.42 Å². The normalized spacial score (nSPS) is 10.6. The summed E-state index contributed by atoms with van der Waals surface area (Å²) in [6.45, 7) is 0. The average Bonchev–Trinajstić information content (AvgIpc) is 2.89. The van der Waals surface area contributed by atoms with Gasteiger partial charge in [-0.1, -0.05) is 54.1 Å². The van der Waals surface area contributed by atoms with Crippen molar-refractivity contribution in [3.05, 3.63) is 76.3 Å². The zero-order valence-electron chi connectivity index (χ0n) is 10.2. The van der Waals surface area contributed by atoms with Gasteiger partial charge in [0.2, 0.25) is 0 Å². The van der Waals surface area contributed by atoms with Crippen molar-refractivity contribution >= 4 is 22.9 Å². The van der Waals surface area contributed by atoms with Gasteiger partial charge in [-0.15, -0.1) is 11.3 Å². The quantitative estimate of drug-likeness (QED) is 0.656. The molecule has 0 spiro atoms. The number of benzene rings is 2. The molecule has 1 heterocycles. The standard InChI is InChI=1S/C16H12ClNS/c17-14-8-6-13(7-9-14)16-18-11-15(19-16)10-12-4-2-1-3-5-12/h1-9,11H,10H2. The Morgan fingerprint density at radius 2 is 1.68 bits per heavy atom. The van der Waals surface area contributed by atoms with Crippen LogP contribution in [0.5, 0.6) is 0 Å². The molecule has 0 amide bonds. The van der Waals surface area contributed by atoms with Crippen LogP contribution in [0.4, 0.5) is 0 Å². The third-order valence-corrected chi connectivity index (χ3v) is 4.16. The highest BCUT2D eigenvalue weighted by atomic mass is 35.5. The molecule has 0 aliphatic rings. The van der Waals surface area contributed by atoms with Crippen molar-refractivity contribution in [1.82, 2.24) is 4.98 Å². The molecule has 94 valence electrons. The summed E-state index contributed by atoms with van der Waals surface area (Å²) >= 11 is 7.63. The molecule has 0 bridgehead atoms. The van der Waals surface area contributed by atoms with Crippen LogP contribution in [0.3, 0.4) is 0 Å². The summed E-state index contributed by atoms with van der Waals surface area (Å²) in [5, 5.41) is 1.80. The van der Waals surface area contributed by atoms with E-state index in [0.717, 1.165) is 22.0 Å². The Kier molecular flexibility index (Phi) is 3.62. The fourth-order valence-corrected chi connectivity index (χ4v) is 2.99. The van der Waals surface area contributed by atoms with Gasteiger partial charge >= 0.3 is 0 Å². The molecule has 1 aromatic heterocycles. The van der Waals surface area contributed by atoms with Crippen molar-refractivity contribution in [3.63, 3.8) is 0 Å². The Morgan fingerprint density at radius 1 is 0.947 bits per heavy atom. The Morgan fingerprint density at radius 3 is 2.42 bits per heavy atom. The van der Waals surface area contributed by atoms with Crippen LogP contribution in [0.1, 0.15) is 10.4 Å². The van der Waals surface area contributed by atoms with E-state index in [-0.39, 0.29) is 0 Å². The summed E-state index contributed by atoms with van der Waals surface area (Å²) in [4.78, 5) is 5.76. The maximum atomic E-state index is 5.89. The van der Waals surface area contributed by atoms with Gasteiger partial charge in [-0.25, -0.2) is 4.98 Å². The van der Waals surface area contributed by atoms with Crippen LogP contribution in [0.25, 0.3) is 10.6 Å². The molecular formula is C16H12ClNS. The second-order valence-electron chi connectivity index (χ2n) is 4.30. The molecule has 0 N–H and O–H groups in total. The SMILES string of the molecule is Clc1ccc(-c2ncc(Cc3ccccc3)s2)cc1. The topological polar surface area (TPSA) is 12.9 Å². The summed E-state index contributed by atoms with van der Waals surface area (Å²) in [5.74, 6) is 0. The van der Waals surface area contributed by atoms with Crippen LogP contribution in [0.15, 0.2) is 60.8 Å². The molecule has 3 rings (SSSR count). The van der Waals surface area contributed by atoms with Crippen LogP contribution in [-0.2, 0) is 6.42 Å². The lowest BCUT2D eigenvalue weighted by molar-refractivity contribution is 1.22. The van der Waals surface area contributed by atoms with Crippen molar-refractivity contribution in [3.8, 4) is 10.6 Å². The molecule has 3 heteroatoms. The first-order chi connectivity index (χ1) is 9.31. The van der Waals surface area contributed by atoms with E-state index in [0.29, 0.717) is 0 Å². The van der Waals surface area contributed by atoms with Gasteiger partial charge in [0.05, 0.1) is 0 Å². The van der Waals surface area contributed by atoms with Crippen molar-refractivity contribution in [2.75, 3.05) is 0 Å². The largest absolute Gasteiger partial charge is 0.244 e. The van der Waals surface area contributed by atoms with Gasteiger partial charge in [0.1, 0.15) is 5.01 Å². The van der Waals surface area contributed by atoms with Crippen LogP contribution in [0, 0.1) is 0 Å². The first kappa shape index (κ1) is 12.4. The highest BCUT2D eigenvalue weighted by molar-refractivity contribution is 7.15. The number of nitrogens with zero attached hydrogens (tertiary/aromatic N) is 1. The second kappa shape index (κ2) is 5.55. The molecule has 0 saturated heterocycles. The monoisotopic (exact) mass is 285 g/mol. The second-order valence-corrected chi connectivity index (χ2v) is 5.85. The van der Waals surface area contributed by atoms with Gasteiger partial charge < -0.3 is 0 Å². The lowest BCUT2D eigenvalue weighted by Crippen LogP contribution is -1.82. The maximum absolute atomic E-state index is 5.89. The van der Waals surface area contributed by atoms with E-state index >= 15 is 0 Å². The minimum absolute atomic E-state index is 0.754. The van der Waals surface area contributed by atoms with Crippen molar-refractivity contribution in [2.24, 2.45) is 0 Å². The molecule has 0 aliphatic carbocycles. The summed E-state index contributed by atoms with van der Waals surface area (Å²) in [5.41, 5.74) is 2.43. The lowest BCUT2D eigenvalue weighted by atomic mass is 10.1. The minimum Gasteiger partial charge on any atom is -0.244 e. The molecule has 1 nitrogen and oxygen atoms in total. The zero-order valence-corrected chi connectivity index (χ0v) is 11.8. The highest BCUT2D eigenvalue weighted by Gasteiger charge is 2.05. The summed E-state index contributed by atoms with van der Waals surface area (Å²) in [6.07, 6.45) is 2.90. The third-order valence-electron chi connectivity index (χ3n) is 2.87. The van der Waals surface area contributed by atoms with Gasteiger partial charge in [-0.3, -0.25) is 0 Å². The van der Waals surface area contributed by atoms with Gasteiger partial charge in [-0.2, -0.15) is 0 Å². The Bertz CT molecular complexity index is 659. The van der Waals surface area contributed by atoms with Gasteiger partial charge in [-0.05, 0) is 17.7 Å². The molecule has 0 radical (unpaired) electrons. The molecule has 19 heavy (non-hydrogen) atoms. The molecule has 2 aromatic carbocycles. The lowest BCUT2D eigenvalue weighted by Gasteiger charge is -1.97. The van der Waals surface area contributed by atoms with Crippen LogP contribution >= 0.6 is 22.9 Å². The number of halogens is 1. The number of aromatic nitrogens is 1. The van der Waals surface area contributed by atoms with E-state index in [1.54, 1.807) is 11.3 Å². The number of rotatable bonds is 3. The highest BCUT2D eigenvalue weighted by Crippen LogP contribution is 2.27. The van der Waals surface area contributed by atoms with E-state index < -0.39 is 0 Å². The minimum atomic E-state index is 0.754. The van der Waals surface area contributed by atoms with Gasteiger partial charge in [0.15, 0.2) is 0 Å². The first-order valence-corrected chi connectivity index (χ1v) is 7.25. The van der Waals surface area contributed by atoms with Crippen LogP contribution in [-0.4, -0.2) is 4.98 Å². The number of hydrogen-bond donors (Lipinski definition) is 0. The van der Waals surface area contributed by atoms with Gasteiger partial charge in [0, 0.05) is 28.1 Å². The molecular weight excluding hydrogens is 274 g/mol. The Hall–Kier alpha value is -1.64. The average molecular weight is 286 g/mol. The predicted octanol–water partition coefficient (Wildman–Crippen LogP) is 5.05. The molecule has 0 fully saturated rings. The summed E-state index contributed by atoms with van der Waals surface area (Å²) < 4.78 is 0. The third kappa shape index (κ3) is 3.03. The smallest absolute Gasteiger partial charge is 0.123 e. The first-order valence-electron chi connectivity index (χ1n) is 6.06.